The molecule has 0 aliphatic rings. The first-order valence-corrected chi connectivity index (χ1v) is 6.35. The normalized spacial score (nSPS) is 14.3. The summed E-state index contributed by atoms with van der Waals surface area (Å²) >= 11 is 0. The van der Waals surface area contributed by atoms with Crippen LogP contribution in [0.1, 0.15) is 37.5 Å². The predicted octanol–water partition coefficient (Wildman–Crippen LogP) is 2.43. The predicted molar refractivity (Wildman–Crippen MR) is 70.2 cm³/mol. The van der Waals surface area contributed by atoms with Crippen molar-refractivity contribution in [3.05, 3.63) is 47.4 Å². The molecule has 1 aromatic carbocycles. The smallest absolute Gasteiger partial charge is 0.233 e. The zero-order valence-corrected chi connectivity index (χ0v) is 11.2. The number of nitrogens with zero attached hydrogens (tertiary/aromatic N) is 2. The van der Waals surface area contributed by atoms with Crippen LogP contribution in [0.3, 0.4) is 0 Å². The second kappa shape index (κ2) is 5.48. The quantitative estimate of drug-likeness (QED) is 0.899. The number of nitrogens with two attached hydrogens (primary N) is 1. The van der Waals surface area contributed by atoms with E-state index in [9.17, 15) is 4.39 Å². The van der Waals surface area contributed by atoms with E-state index in [0.29, 0.717) is 24.7 Å². The first-order chi connectivity index (χ1) is 9.07. The Bertz CT molecular complexity index is 549. The third kappa shape index (κ3) is 2.98. The van der Waals surface area contributed by atoms with Gasteiger partial charge in [-0.05, 0) is 31.0 Å². The molecule has 0 aliphatic heterocycles. The van der Waals surface area contributed by atoms with Gasteiger partial charge in [-0.2, -0.15) is 4.98 Å². The molecule has 19 heavy (non-hydrogen) atoms. The molecular weight excluding hydrogens is 245 g/mol. The molecule has 0 saturated carbocycles. The van der Waals surface area contributed by atoms with E-state index >= 15 is 0 Å². The molecular formula is C14H18FN3O. The molecule has 0 saturated heterocycles. The number of benzene rings is 1. The minimum Gasteiger partial charge on any atom is -0.339 e. The van der Waals surface area contributed by atoms with Crippen molar-refractivity contribution in [3.63, 3.8) is 0 Å². The Labute approximate surface area is 111 Å². The van der Waals surface area contributed by atoms with Gasteiger partial charge in [0.05, 0.1) is 5.41 Å². The van der Waals surface area contributed by atoms with Crippen molar-refractivity contribution in [1.29, 1.82) is 0 Å². The van der Waals surface area contributed by atoms with E-state index in [1.807, 2.05) is 19.9 Å². The van der Waals surface area contributed by atoms with E-state index in [1.54, 1.807) is 6.07 Å². The maximum atomic E-state index is 13.1. The molecule has 1 atom stereocenters. The van der Waals surface area contributed by atoms with E-state index in [1.165, 1.54) is 12.1 Å². The van der Waals surface area contributed by atoms with Gasteiger partial charge in [0.15, 0.2) is 5.82 Å². The van der Waals surface area contributed by atoms with Crippen LogP contribution in [-0.2, 0) is 11.8 Å². The van der Waals surface area contributed by atoms with Crippen LogP contribution < -0.4 is 5.73 Å². The lowest BCUT2D eigenvalue weighted by atomic mass is 9.88. The summed E-state index contributed by atoms with van der Waals surface area (Å²) in [6.07, 6.45) is 1.27. The van der Waals surface area contributed by atoms with Crippen LogP contribution >= 0.6 is 0 Å². The SMILES string of the molecule is CCC(C)(CN)c1nc(Cc2cccc(F)c2)no1. The molecule has 2 rings (SSSR count). The molecule has 102 valence electrons. The Hall–Kier alpha value is -1.75. The van der Waals surface area contributed by atoms with E-state index < -0.39 is 0 Å². The summed E-state index contributed by atoms with van der Waals surface area (Å²) in [5.41, 5.74) is 6.27. The van der Waals surface area contributed by atoms with Gasteiger partial charge in [0.1, 0.15) is 5.82 Å². The molecule has 4 nitrogen and oxygen atoms in total. The van der Waals surface area contributed by atoms with Crippen molar-refractivity contribution >= 4 is 0 Å². The minimum atomic E-state index is -0.298. The van der Waals surface area contributed by atoms with Gasteiger partial charge in [-0.1, -0.05) is 24.2 Å². The monoisotopic (exact) mass is 263 g/mol. The summed E-state index contributed by atoms with van der Waals surface area (Å²) in [5.74, 6) is 0.833. The van der Waals surface area contributed by atoms with Crippen LogP contribution in [0.25, 0.3) is 0 Å². The largest absolute Gasteiger partial charge is 0.339 e. The molecule has 2 N–H and O–H groups in total. The summed E-state index contributed by atoms with van der Waals surface area (Å²) in [7, 11) is 0. The highest BCUT2D eigenvalue weighted by Gasteiger charge is 2.29. The first kappa shape index (κ1) is 13.7. The zero-order chi connectivity index (χ0) is 13.9. The molecule has 2 aromatic rings. The molecule has 0 bridgehead atoms. The second-order valence-electron chi connectivity index (χ2n) is 4.94. The molecule has 1 heterocycles. The fourth-order valence-electron chi connectivity index (χ4n) is 1.78. The maximum absolute atomic E-state index is 13.1. The number of rotatable bonds is 5. The van der Waals surface area contributed by atoms with Crippen molar-refractivity contribution < 1.29 is 8.91 Å². The highest BCUT2D eigenvalue weighted by atomic mass is 19.1. The van der Waals surface area contributed by atoms with Crippen LogP contribution in [0.5, 0.6) is 0 Å². The van der Waals surface area contributed by atoms with Crippen LogP contribution in [0.15, 0.2) is 28.8 Å². The maximum Gasteiger partial charge on any atom is 0.233 e. The molecule has 1 aromatic heterocycles. The summed E-state index contributed by atoms with van der Waals surface area (Å²) in [5, 5.41) is 3.94. The topological polar surface area (TPSA) is 64.9 Å². The van der Waals surface area contributed by atoms with E-state index in [-0.39, 0.29) is 11.2 Å². The van der Waals surface area contributed by atoms with Crippen molar-refractivity contribution in [3.8, 4) is 0 Å². The number of hydrogen-bond donors (Lipinski definition) is 1. The first-order valence-electron chi connectivity index (χ1n) is 6.35. The number of halogens is 1. The lowest BCUT2D eigenvalue weighted by Gasteiger charge is -2.20. The fourth-order valence-corrected chi connectivity index (χ4v) is 1.78. The van der Waals surface area contributed by atoms with Crippen LogP contribution in [0, 0.1) is 5.82 Å². The lowest BCUT2D eigenvalue weighted by Crippen LogP contribution is -2.31. The molecule has 0 fully saturated rings. The highest BCUT2D eigenvalue weighted by molar-refractivity contribution is 5.20. The summed E-state index contributed by atoms with van der Waals surface area (Å²) in [6, 6.07) is 6.38. The van der Waals surface area contributed by atoms with Gasteiger partial charge in [0.2, 0.25) is 5.89 Å². The number of aromatic nitrogens is 2. The van der Waals surface area contributed by atoms with Crippen molar-refractivity contribution in [2.45, 2.75) is 32.1 Å². The third-order valence-corrected chi connectivity index (χ3v) is 3.47. The Kier molecular flexibility index (Phi) is 3.95. The van der Waals surface area contributed by atoms with Crippen molar-refractivity contribution in [2.75, 3.05) is 6.54 Å². The van der Waals surface area contributed by atoms with Crippen LogP contribution in [0.2, 0.25) is 0 Å². The Balaban J connectivity index is 2.18. The fraction of sp³-hybridized carbons (Fsp3) is 0.429. The lowest BCUT2D eigenvalue weighted by molar-refractivity contribution is 0.289. The zero-order valence-electron chi connectivity index (χ0n) is 11.2. The Morgan fingerprint density at radius 3 is 2.84 bits per heavy atom. The molecule has 0 spiro atoms. The van der Waals surface area contributed by atoms with Crippen molar-refractivity contribution in [2.24, 2.45) is 5.73 Å². The van der Waals surface area contributed by atoms with Gasteiger partial charge in [0.25, 0.3) is 0 Å². The molecule has 0 amide bonds. The summed E-state index contributed by atoms with van der Waals surface area (Å²) in [4.78, 5) is 4.37. The summed E-state index contributed by atoms with van der Waals surface area (Å²) < 4.78 is 18.4. The molecule has 1 unspecified atom stereocenters. The van der Waals surface area contributed by atoms with Gasteiger partial charge < -0.3 is 10.3 Å². The van der Waals surface area contributed by atoms with E-state index in [4.69, 9.17) is 10.3 Å². The Morgan fingerprint density at radius 2 is 2.21 bits per heavy atom. The average molecular weight is 263 g/mol. The molecule has 0 aliphatic carbocycles. The molecule has 0 radical (unpaired) electrons. The third-order valence-electron chi connectivity index (χ3n) is 3.47. The highest BCUT2D eigenvalue weighted by Crippen LogP contribution is 2.24. The molecule has 5 heteroatoms. The summed E-state index contributed by atoms with van der Waals surface area (Å²) in [6.45, 7) is 4.47. The van der Waals surface area contributed by atoms with Gasteiger partial charge in [-0.3, -0.25) is 0 Å². The van der Waals surface area contributed by atoms with Crippen LogP contribution in [-0.4, -0.2) is 16.7 Å². The van der Waals surface area contributed by atoms with E-state index in [2.05, 4.69) is 10.1 Å². The van der Waals surface area contributed by atoms with Crippen LogP contribution in [0.4, 0.5) is 4.39 Å². The van der Waals surface area contributed by atoms with E-state index in [0.717, 1.165) is 12.0 Å². The van der Waals surface area contributed by atoms with Gasteiger partial charge in [0, 0.05) is 13.0 Å². The second-order valence-corrected chi connectivity index (χ2v) is 4.94. The minimum absolute atomic E-state index is 0.262. The van der Waals surface area contributed by atoms with Crippen molar-refractivity contribution in [1.82, 2.24) is 10.1 Å². The van der Waals surface area contributed by atoms with Gasteiger partial charge >= 0.3 is 0 Å². The van der Waals surface area contributed by atoms with Gasteiger partial charge in [-0.25, -0.2) is 4.39 Å². The standard InChI is InChI=1S/C14H18FN3O/c1-3-14(2,9-16)13-17-12(18-19-13)8-10-5-4-6-11(15)7-10/h4-7H,3,8-9,16H2,1-2H3. The average Bonchev–Trinajstić information content (AvgIpc) is 2.87. The Morgan fingerprint density at radius 1 is 1.42 bits per heavy atom. The number of hydrogen-bond acceptors (Lipinski definition) is 4. The van der Waals surface area contributed by atoms with Gasteiger partial charge in [-0.15, -0.1) is 0 Å².